The van der Waals surface area contributed by atoms with Gasteiger partial charge in [0, 0.05) is 5.92 Å². The number of carbonyl (C=O) groups is 1. The smallest absolute Gasteiger partial charge is 0.154 e. The maximum Gasteiger partial charge on any atom is 0.154 e. The lowest BCUT2D eigenvalue weighted by Crippen LogP contribution is -2.40. The van der Waals surface area contributed by atoms with E-state index in [1.165, 1.54) is 0 Å². The molecule has 0 aliphatic carbocycles. The van der Waals surface area contributed by atoms with Gasteiger partial charge in [0.25, 0.3) is 0 Å². The maximum atomic E-state index is 11.8. The number of ketones is 1. The average molecular weight is 275 g/mol. The number of likely N-dealkylation sites (N-methyl/N-ethyl adjacent to an activating group) is 1. The van der Waals surface area contributed by atoms with E-state index in [2.05, 4.69) is 5.32 Å². The van der Waals surface area contributed by atoms with E-state index in [0.717, 1.165) is 0 Å². The molecule has 0 saturated carbocycles. The zero-order valence-electron chi connectivity index (χ0n) is 12.9. The zero-order valence-corrected chi connectivity index (χ0v) is 12.9. The van der Waals surface area contributed by atoms with Crippen LogP contribution in [0.15, 0.2) is 0 Å². The van der Waals surface area contributed by atoms with E-state index < -0.39 is 0 Å². The molecule has 0 bridgehead atoms. The minimum atomic E-state index is -0.232. The van der Waals surface area contributed by atoms with Crippen molar-refractivity contribution in [2.75, 3.05) is 40.1 Å². The quantitative estimate of drug-likeness (QED) is 0.543. The predicted molar refractivity (Wildman–Crippen MR) is 75.4 cm³/mol. The highest BCUT2D eigenvalue weighted by Gasteiger charge is 2.19. The Morgan fingerprint density at radius 3 is 2.11 bits per heavy atom. The summed E-state index contributed by atoms with van der Waals surface area (Å²) in [5.74, 6) is 0.194. The molecule has 1 atom stereocenters. The number of hydrogen-bond donors (Lipinski definition) is 1. The van der Waals surface area contributed by atoms with Gasteiger partial charge >= 0.3 is 0 Å². The van der Waals surface area contributed by atoms with Gasteiger partial charge in [0.2, 0.25) is 0 Å². The van der Waals surface area contributed by atoms with Crippen LogP contribution in [0.5, 0.6) is 0 Å². The molecule has 0 radical (unpaired) electrons. The summed E-state index contributed by atoms with van der Waals surface area (Å²) >= 11 is 0. The van der Waals surface area contributed by atoms with E-state index in [9.17, 15) is 4.79 Å². The molecule has 1 N–H and O–H groups in total. The molecule has 0 aliphatic rings. The molecule has 0 aromatic carbocycles. The Morgan fingerprint density at radius 1 is 1.00 bits per heavy atom. The van der Waals surface area contributed by atoms with Crippen molar-refractivity contribution in [2.45, 2.75) is 39.8 Å². The lowest BCUT2D eigenvalue weighted by molar-refractivity contribution is -0.125. The Bertz CT molecular complexity index is 231. The summed E-state index contributed by atoms with van der Waals surface area (Å²) < 4.78 is 16.1. The lowest BCUT2D eigenvalue weighted by Gasteiger charge is -2.17. The number of hydrogen-bond acceptors (Lipinski definition) is 5. The molecule has 0 rings (SSSR count). The molecule has 0 heterocycles. The van der Waals surface area contributed by atoms with Crippen molar-refractivity contribution in [3.8, 4) is 0 Å². The highest BCUT2D eigenvalue weighted by molar-refractivity contribution is 5.85. The minimum Gasteiger partial charge on any atom is -0.377 e. The van der Waals surface area contributed by atoms with Crippen LogP contribution in [0.25, 0.3) is 0 Å². The van der Waals surface area contributed by atoms with Gasteiger partial charge in [-0.25, -0.2) is 0 Å². The van der Waals surface area contributed by atoms with E-state index >= 15 is 0 Å². The fourth-order valence-electron chi connectivity index (χ4n) is 1.47. The number of rotatable bonds is 12. The fraction of sp³-hybridized carbons (Fsp3) is 0.929. The Kier molecular flexibility index (Phi) is 11.1. The second-order valence-electron chi connectivity index (χ2n) is 5.01. The van der Waals surface area contributed by atoms with Gasteiger partial charge in [-0.3, -0.25) is 4.79 Å². The van der Waals surface area contributed by atoms with Crippen molar-refractivity contribution in [1.82, 2.24) is 5.32 Å². The monoisotopic (exact) mass is 275 g/mol. The fourth-order valence-corrected chi connectivity index (χ4v) is 1.47. The summed E-state index contributed by atoms with van der Waals surface area (Å²) in [6, 6.07) is -0.232. The number of ether oxygens (including phenoxy) is 3. The van der Waals surface area contributed by atoms with Gasteiger partial charge in [-0.1, -0.05) is 13.8 Å². The van der Waals surface area contributed by atoms with Crippen molar-refractivity contribution in [3.05, 3.63) is 0 Å². The number of nitrogens with one attached hydrogen (secondary N) is 1. The Hall–Kier alpha value is -0.490. The average Bonchev–Trinajstić information content (AvgIpc) is 2.36. The van der Waals surface area contributed by atoms with E-state index in [-0.39, 0.29) is 23.8 Å². The highest BCUT2D eigenvalue weighted by atomic mass is 16.5. The largest absolute Gasteiger partial charge is 0.377 e. The summed E-state index contributed by atoms with van der Waals surface area (Å²) in [7, 11) is 1.77. The van der Waals surface area contributed by atoms with Crippen molar-refractivity contribution >= 4 is 5.78 Å². The van der Waals surface area contributed by atoms with Crippen LogP contribution >= 0.6 is 0 Å². The van der Waals surface area contributed by atoms with Crippen LogP contribution in [0, 0.1) is 5.92 Å². The van der Waals surface area contributed by atoms with Crippen LogP contribution in [-0.2, 0) is 19.0 Å². The SMILES string of the molecule is CNC(COCCOCCOC(C)C)C(=O)C(C)C. The third-order valence-corrected chi connectivity index (χ3v) is 2.60. The Balaban J connectivity index is 3.49. The van der Waals surface area contributed by atoms with Gasteiger partial charge in [-0.2, -0.15) is 0 Å². The van der Waals surface area contributed by atoms with Gasteiger partial charge < -0.3 is 19.5 Å². The summed E-state index contributed by atoms with van der Waals surface area (Å²) in [5.41, 5.74) is 0. The van der Waals surface area contributed by atoms with Gasteiger partial charge in [0.1, 0.15) is 0 Å². The molecular weight excluding hydrogens is 246 g/mol. The molecule has 0 fully saturated rings. The van der Waals surface area contributed by atoms with E-state index in [1.807, 2.05) is 27.7 Å². The number of Topliss-reactive ketones (excluding diaryl/α,β-unsaturated/α-hetero) is 1. The molecule has 0 amide bonds. The van der Waals surface area contributed by atoms with Gasteiger partial charge in [0.05, 0.1) is 45.2 Å². The van der Waals surface area contributed by atoms with Crippen LogP contribution in [-0.4, -0.2) is 58.0 Å². The predicted octanol–water partition coefficient (Wildman–Crippen LogP) is 1.26. The van der Waals surface area contributed by atoms with Gasteiger partial charge in [-0.15, -0.1) is 0 Å². The first-order valence-corrected chi connectivity index (χ1v) is 6.97. The van der Waals surface area contributed by atoms with Crippen molar-refractivity contribution in [3.63, 3.8) is 0 Å². The Morgan fingerprint density at radius 2 is 1.58 bits per heavy atom. The second-order valence-corrected chi connectivity index (χ2v) is 5.01. The number of carbonyl (C=O) groups excluding carboxylic acids is 1. The lowest BCUT2D eigenvalue weighted by atomic mass is 10.0. The highest BCUT2D eigenvalue weighted by Crippen LogP contribution is 2.00. The second kappa shape index (κ2) is 11.3. The molecule has 1 unspecified atom stereocenters. The summed E-state index contributed by atoms with van der Waals surface area (Å²) in [6.45, 7) is 10.3. The molecule has 5 nitrogen and oxygen atoms in total. The molecule has 0 saturated heterocycles. The Labute approximate surface area is 117 Å². The molecule has 0 aliphatic heterocycles. The molecule has 0 aromatic rings. The standard InChI is InChI=1S/C14H29NO4/c1-11(2)14(16)13(15-5)10-18-7-6-17-8-9-19-12(3)4/h11-13,15H,6-10H2,1-5H3. The van der Waals surface area contributed by atoms with Crippen LogP contribution in [0.4, 0.5) is 0 Å². The summed E-state index contributed by atoms with van der Waals surface area (Å²) in [5, 5.41) is 2.97. The zero-order chi connectivity index (χ0) is 14.7. The molecule has 114 valence electrons. The van der Waals surface area contributed by atoms with Crippen LogP contribution in [0.3, 0.4) is 0 Å². The first kappa shape index (κ1) is 18.5. The van der Waals surface area contributed by atoms with Gasteiger partial charge in [-0.05, 0) is 20.9 Å². The molecule has 0 aromatic heterocycles. The van der Waals surface area contributed by atoms with Crippen molar-refractivity contribution in [1.29, 1.82) is 0 Å². The molecule has 5 heteroatoms. The first-order valence-electron chi connectivity index (χ1n) is 6.97. The van der Waals surface area contributed by atoms with E-state index in [4.69, 9.17) is 14.2 Å². The minimum absolute atomic E-state index is 0.0190. The van der Waals surface area contributed by atoms with Crippen LogP contribution < -0.4 is 5.32 Å². The maximum absolute atomic E-state index is 11.8. The normalized spacial score (nSPS) is 13.2. The first-order chi connectivity index (χ1) is 8.99. The van der Waals surface area contributed by atoms with Crippen molar-refractivity contribution in [2.24, 2.45) is 5.92 Å². The molecule has 19 heavy (non-hydrogen) atoms. The van der Waals surface area contributed by atoms with Crippen molar-refractivity contribution < 1.29 is 19.0 Å². The van der Waals surface area contributed by atoms with Crippen LogP contribution in [0.2, 0.25) is 0 Å². The van der Waals surface area contributed by atoms with Crippen LogP contribution in [0.1, 0.15) is 27.7 Å². The third-order valence-electron chi connectivity index (χ3n) is 2.60. The third kappa shape index (κ3) is 10.0. The summed E-state index contributed by atoms with van der Waals surface area (Å²) in [6.07, 6.45) is 0.235. The van der Waals surface area contributed by atoms with E-state index in [0.29, 0.717) is 33.0 Å². The van der Waals surface area contributed by atoms with E-state index in [1.54, 1.807) is 7.05 Å². The summed E-state index contributed by atoms with van der Waals surface area (Å²) in [4.78, 5) is 11.8. The molecular formula is C14H29NO4. The van der Waals surface area contributed by atoms with Gasteiger partial charge in [0.15, 0.2) is 5.78 Å². The molecule has 0 spiro atoms. The topological polar surface area (TPSA) is 56.8 Å².